The van der Waals surface area contributed by atoms with Crippen LogP contribution in [0.5, 0.6) is 0 Å². The molecule has 0 unspecified atom stereocenters. The number of imidazole rings is 1. The minimum atomic E-state index is 0. The van der Waals surface area contributed by atoms with Crippen LogP contribution in [0.15, 0.2) is 11.2 Å². The Morgan fingerprint density at radius 3 is 3.00 bits per heavy atom. The lowest BCUT2D eigenvalue weighted by atomic mass is 10.2. The van der Waals surface area contributed by atoms with Crippen molar-refractivity contribution in [2.75, 3.05) is 7.05 Å². The Labute approximate surface area is 131 Å². The van der Waals surface area contributed by atoms with Crippen molar-refractivity contribution in [2.24, 2.45) is 10.7 Å². The summed E-state index contributed by atoms with van der Waals surface area (Å²) >= 11 is 0. The maximum Gasteiger partial charge on any atom is 0.191 e. The predicted octanol–water partition coefficient (Wildman–Crippen LogP) is 1.75. The number of aryl methyl sites for hydroxylation is 2. The molecule has 1 aliphatic heterocycles. The van der Waals surface area contributed by atoms with Gasteiger partial charge in [0.15, 0.2) is 5.96 Å². The highest BCUT2D eigenvalue weighted by atomic mass is 127. The highest BCUT2D eigenvalue weighted by Gasteiger charge is 2.27. The Hall–Kier alpha value is -0.790. The summed E-state index contributed by atoms with van der Waals surface area (Å²) in [4.78, 5) is 11.1. The van der Waals surface area contributed by atoms with E-state index in [1.54, 1.807) is 0 Å². The third kappa shape index (κ3) is 3.40. The first-order valence-corrected chi connectivity index (χ1v) is 6.82. The highest BCUT2D eigenvalue weighted by Crippen LogP contribution is 2.25. The Kier molecular flexibility index (Phi) is 4.70. The quantitative estimate of drug-likeness (QED) is 0.498. The fraction of sp³-hybridized carbons (Fsp3) is 0.692. The average Bonchev–Trinajstić information content (AvgIpc) is 3.14. The zero-order valence-corrected chi connectivity index (χ0v) is 13.7. The lowest BCUT2D eigenvalue weighted by molar-refractivity contribution is 0.487. The Bertz CT molecular complexity index is 440. The summed E-state index contributed by atoms with van der Waals surface area (Å²) in [5.41, 5.74) is 7.01. The minimum absolute atomic E-state index is 0. The molecule has 0 radical (unpaired) electrons. The normalized spacial score (nSPS) is 18.7. The van der Waals surface area contributed by atoms with E-state index in [2.05, 4.69) is 25.6 Å². The van der Waals surface area contributed by atoms with Crippen molar-refractivity contribution < 1.29 is 0 Å². The monoisotopic (exact) mass is 375 g/mol. The van der Waals surface area contributed by atoms with Crippen molar-refractivity contribution in [3.05, 3.63) is 17.7 Å². The first kappa shape index (κ1) is 14.6. The number of halogens is 1. The molecule has 6 heteroatoms. The second-order valence-electron chi connectivity index (χ2n) is 5.32. The molecule has 1 aromatic rings. The topological polar surface area (TPSA) is 59.4 Å². The van der Waals surface area contributed by atoms with Crippen molar-refractivity contribution in [3.8, 4) is 0 Å². The molecular weight excluding hydrogens is 353 g/mol. The van der Waals surface area contributed by atoms with Gasteiger partial charge in [0.1, 0.15) is 5.82 Å². The van der Waals surface area contributed by atoms with Gasteiger partial charge in [0, 0.05) is 32.3 Å². The van der Waals surface area contributed by atoms with Crippen LogP contribution in [0, 0.1) is 0 Å². The van der Waals surface area contributed by atoms with Gasteiger partial charge < -0.3 is 15.2 Å². The molecular formula is C13H22IN5. The number of hydrogen-bond acceptors (Lipinski definition) is 2. The zero-order chi connectivity index (χ0) is 12.5. The molecule has 3 rings (SSSR count). The van der Waals surface area contributed by atoms with E-state index in [-0.39, 0.29) is 24.0 Å². The van der Waals surface area contributed by atoms with Gasteiger partial charge in [-0.3, -0.25) is 0 Å². The fourth-order valence-corrected chi connectivity index (χ4v) is 2.47. The highest BCUT2D eigenvalue weighted by molar-refractivity contribution is 14.0. The average molecular weight is 375 g/mol. The zero-order valence-electron chi connectivity index (χ0n) is 11.4. The van der Waals surface area contributed by atoms with Crippen LogP contribution in [0.4, 0.5) is 0 Å². The van der Waals surface area contributed by atoms with Gasteiger partial charge in [0.2, 0.25) is 0 Å². The molecule has 1 saturated carbocycles. The maximum absolute atomic E-state index is 5.97. The molecule has 0 atom stereocenters. The number of hydrogen-bond donors (Lipinski definition) is 1. The second-order valence-corrected chi connectivity index (χ2v) is 5.32. The van der Waals surface area contributed by atoms with Gasteiger partial charge in [0.05, 0.1) is 12.2 Å². The van der Waals surface area contributed by atoms with Gasteiger partial charge in [-0.25, -0.2) is 9.98 Å². The summed E-state index contributed by atoms with van der Waals surface area (Å²) < 4.78 is 2.26. The summed E-state index contributed by atoms with van der Waals surface area (Å²) in [6.07, 6.45) is 8.23. The van der Waals surface area contributed by atoms with Gasteiger partial charge in [-0.05, 0) is 25.7 Å². The molecule has 1 fully saturated rings. The molecule has 1 aliphatic carbocycles. The summed E-state index contributed by atoms with van der Waals surface area (Å²) in [6.45, 7) is 1.70. The molecule has 19 heavy (non-hydrogen) atoms. The van der Waals surface area contributed by atoms with E-state index in [9.17, 15) is 0 Å². The SMILES string of the molecule is CN(C(N)=NCc1cn2c(n1)CCCC2)C1CC1.I. The van der Waals surface area contributed by atoms with Crippen LogP contribution >= 0.6 is 24.0 Å². The number of aromatic nitrogens is 2. The number of fused-ring (bicyclic) bond motifs is 1. The van der Waals surface area contributed by atoms with Gasteiger partial charge in [-0.2, -0.15) is 0 Å². The number of rotatable bonds is 3. The van der Waals surface area contributed by atoms with Gasteiger partial charge in [0.25, 0.3) is 0 Å². The number of nitrogens with zero attached hydrogens (tertiary/aromatic N) is 4. The number of guanidine groups is 1. The maximum atomic E-state index is 5.97. The third-order valence-electron chi connectivity index (χ3n) is 3.82. The van der Waals surface area contributed by atoms with E-state index in [0.717, 1.165) is 18.7 Å². The van der Waals surface area contributed by atoms with Crippen LogP contribution in [0.1, 0.15) is 37.2 Å². The van der Waals surface area contributed by atoms with Crippen molar-refractivity contribution >= 4 is 29.9 Å². The van der Waals surface area contributed by atoms with E-state index >= 15 is 0 Å². The Balaban J connectivity index is 0.00000133. The molecule has 2 heterocycles. The lowest BCUT2D eigenvalue weighted by Crippen LogP contribution is -2.35. The van der Waals surface area contributed by atoms with Gasteiger partial charge in [-0.15, -0.1) is 24.0 Å². The second kappa shape index (κ2) is 6.11. The van der Waals surface area contributed by atoms with Crippen LogP contribution in [0.25, 0.3) is 0 Å². The van der Waals surface area contributed by atoms with Crippen LogP contribution in [-0.2, 0) is 19.5 Å². The van der Waals surface area contributed by atoms with Crippen molar-refractivity contribution in [3.63, 3.8) is 0 Å². The fourth-order valence-electron chi connectivity index (χ4n) is 2.47. The summed E-state index contributed by atoms with van der Waals surface area (Å²) in [5.74, 6) is 1.85. The van der Waals surface area contributed by atoms with Crippen LogP contribution in [0.2, 0.25) is 0 Å². The van der Waals surface area contributed by atoms with E-state index in [4.69, 9.17) is 5.73 Å². The van der Waals surface area contributed by atoms with E-state index in [1.165, 1.54) is 31.5 Å². The van der Waals surface area contributed by atoms with Gasteiger partial charge in [-0.1, -0.05) is 0 Å². The van der Waals surface area contributed by atoms with Crippen molar-refractivity contribution in [1.82, 2.24) is 14.5 Å². The standard InChI is InChI=1S/C13H21N5.HI/c1-17(11-5-6-11)13(14)15-8-10-9-18-7-3-2-4-12(18)16-10;/h9,11H,2-8H2,1H3,(H2,14,15);1H. The Morgan fingerprint density at radius 1 is 1.53 bits per heavy atom. The van der Waals surface area contributed by atoms with E-state index < -0.39 is 0 Å². The molecule has 0 aromatic carbocycles. The third-order valence-corrected chi connectivity index (χ3v) is 3.82. The summed E-state index contributed by atoms with van der Waals surface area (Å²) in [5, 5.41) is 0. The molecule has 0 amide bonds. The first-order valence-electron chi connectivity index (χ1n) is 6.82. The number of aliphatic imine (C=N–C) groups is 1. The summed E-state index contributed by atoms with van der Waals surface area (Å²) in [6, 6.07) is 0.615. The van der Waals surface area contributed by atoms with Crippen molar-refractivity contribution in [1.29, 1.82) is 0 Å². The molecule has 2 N–H and O–H groups in total. The van der Waals surface area contributed by atoms with E-state index in [0.29, 0.717) is 18.5 Å². The van der Waals surface area contributed by atoms with Gasteiger partial charge >= 0.3 is 0 Å². The Morgan fingerprint density at radius 2 is 2.32 bits per heavy atom. The molecule has 5 nitrogen and oxygen atoms in total. The summed E-state index contributed by atoms with van der Waals surface area (Å²) in [7, 11) is 2.02. The van der Waals surface area contributed by atoms with Crippen LogP contribution in [-0.4, -0.2) is 33.5 Å². The molecule has 2 aliphatic rings. The molecule has 0 spiro atoms. The molecule has 0 bridgehead atoms. The largest absolute Gasteiger partial charge is 0.370 e. The minimum Gasteiger partial charge on any atom is -0.370 e. The smallest absolute Gasteiger partial charge is 0.191 e. The first-order chi connectivity index (χ1) is 8.74. The molecule has 106 valence electrons. The predicted molar refractivity (Wildman–Crippen MR) is 86.7 cm³/mol. The molecule has 0 saturated heterocycles. The van der Waals surface area contributed by atoms with Crippen LogP contribution in [0.3, 0.4) is 0 Å². The van der Waals surface area contributed by atoms with Crippen molar-refractivity contribution in [2.45, 2.75) is 51.2 Å². The number of nitrogens with two attached hydrogens (primary N) is 1. The lowest BCUT2D eigenvalue weighted by Gasteiger charge is -2.16. The van der Waals surface area contributed by atoms with E-state index in [1.807, 2.05) is 7.05 Å². The van der Waals surface area contributed by atoms with Crippen LogP contribution < -0.4 is 5.73 Å². The molecule has 1 aromatic heterocycles.